The minimum atomic E-state index is 0.816. The summed E-state index contributed by atoms with van der Waals surface area (Å²) in [6.45, 7) is 6.06. The predicted molar refractivity (Wildman–Crippen MR) is 68.7 cm³/mol. The molecule has 0 saturated heterocycles. The van der Waals surface area contributed by atoms with Gasteiger partial charge in [-0.3, -0.25) is 4.90 Å². The summed E-state index contributed by atoms with van der Waals surface area (Å²) >= 11 is 3.54. The topological polar surface area (TPSA) is 12.5 Å². The van der Waals surface area contributed by atoms with Gasteiger partial charge in [-0.05, 0) is 19.8 Å². The Morgan fingerprint density at radius 3 is 2.53 bits per heavy atom. The molecule has 0 N–H and O–H groups in total. The largest absolute Gasteiger partial charge is 0.380 e. The maximum absolute atomic E-state index is 5.44. The van der Waals surface area contributed by atoms with E-state index in [1.165, 1.54) is 32.1 Å². The Labute approximate surface area is 102 Å². The maximum atomic E-state index is 5.44. The molecular weight excluding hydrogens is 254 g/mol. The average molecular weight is 278 g/mol. The van der Waals surface area contributed by atoms with Crippen LogP contribution in [0.4, 0.5) is 0 Å². The highest BCUT2D eigenvalue weighted by atomic mass is 79.9. The van der Waals surface area contributed by atoms with Crippen LogP contribution in [0, 0.1) is 0 Å². The molecule has 0 bridgehead atoms. The van der Waals surface area contributed by atoms with Gasteiger partial charge in [-0.25, -0.2) is 0 Å². The zero-order valence-electron chi connectivity index (χ0n) is 9.88. The van der Waals surface area contributed by atoms with E-state index in [1.807, 2.05) is 0 Å². The predicted octanol–water partition coefficient (Wildman–Crippen LogP) is 3.05. The lowest BCUT2D eigenvalue weighted by atomic mass is 9.94. The van der Waals surface area contributed by atoms with Gasteiger partial charge in [0.05, 0.1) is 6.61 Å². The minimum Gasteiger partial charge on any atom is -0.380 e. The molecular formula is C12H24BrNO. The molecule has 1 saturated carbocycles. The maximum Gasteiger partial charge on any atom is 0.0593 e. The summed E-state index contributed by atoms with van der Waals surface area (Å²) in [4.78, 5) is 2.60. The van der Waals surface area contributed by atoms with E-state index in [-0.39, 0.29) is 0 Å². The van der Waals surface area contributed by atoms with Crippen LogP contribution in [0.5, 0.6) is 0 Å². The first kappa shape index (κ1) is 13.5. The van der Waals surface area contributed by atoms with Crippen molar-refractivity contribution in [3.8, 4) is 0 Å². The fourth-order valence-electron chi connectivity index (χ4n) is 2.36. The van der Waals surface area contributed by atoms with Crippen LogP contribution >= 0.6 is 15.9 Å². The lowest BCUT2D eigenvalue weighted by Crippen LogP contribution is -2.40. The lowest BCUT2D eigenvalue weighted by Gasteiger charge is -2.33. The summed E-state index contributed by atoms with van der Waals surface area (Å²) in [6, 6.07) is 0.816. The van der Waals surface area contributed by atoms with E-state index in [1.54, 1.807) is 0 Å². The molecule has 0 aromatic heterocycles. The molecule has 2 nitrogen and oxygen atoms in total. The van der Waals surface area contributed by atoms with Crippen molar-refractivity contribution in [2.75, 3.05) is 31.6 Å². The number of halogens is 1. The summed E-state index contributed by atoms with van der Waals surface area (Å²) in [6.07, 6.45) is 7.04. The molecule has 0 spiro atoms. The number of nitrogens with zero attached hydrogens (tertiary/aromatic N) is 1. The molecule has 0 amide bonds. The molecule has 3 heteroatoms. The standard InChI is InChI=1S/C12H24BrNO/c1-2-15-11-10-14(9-8-13)12-6-4-3-5-7-12/h12H,2-11H2,1H3. The molecule has 1 aliphatic rings. The number of rotatable bonds is 7. The van der Waals surface area contributed by atoms with Crippen LogP contribution in [0.1, 0.15) is 39.0 Å². The molecule has 0 aromatic rings. The van der Waals surface area contributed by atoms with Gasteiger partial charge in [-0.2, -0.15) is 0 Å². The summed E-state index contributed by atoms with van der Waals surface area (Å²) < 4.78 is 5.44. The third kappa shape index (κ3) is 5.32. The monoisotopic (exact) mass is 277 g/mol. The highest BCUT2D eigenvalue weighted by Crippen LogP contribution is 2.22. The Morgan fingerprint density at radius 2 is 1.93 bits per heavy atom. The SMILES string of the molecule is CCOCCN(CCBr)C1CCCCC1. The number of hydrogen-bond donors (Lipinski definition) is 0. The number of ether oxygens (including phenoxy) is 1. The van der Waals surface area contributed by atoms with Crippen molar-refractivity contribution >= 4 is 15.9 Å². The number of alkyl halides is 1. The van der Waals surface area contributed by atoms with Gasteiger partial charge in [0.2, 0.25) is 0 Å². The molecule has 90 valence electrons. The normalized spacial score (nSPS) is 18.6. The Morgan fingerprint density at radius 1 is 1.20 bits per heavy atom. The molecule has 1 fully saturated rings. The van der Waals surface area contributed by atoms with Crippen molar-refractivity contribution in [3.63, 3.8) is 0 Å². The molecule has 15 heavy (non-hydrogen) atoms. The van der Waals surface area contributed by atoms with Crippen molar-refractivity contribution in [2.24, 2.45) is 0 Å². The van der Waals surface area contributed by atoms with E-state index < -0.39 is 0 Å². The van der Waals surface area contributed by atoms with Gasteiger partial charge in [0.1, 0.15) is 0 Å². The Bertz CT molecular complexity index is 149. The van der Waals surface area contributed by atoms with E-state index in [4.69, 9.17) is 4.74 Å². The van der Waals surface area contributed by atoms with Crippen molar-refractivity contribution in [2.45, 2.75) is 45.1 Å². The van der Waals surface area contributed by atoms with Gasteiger partial charge in [0.15, 0.2) is 0 Å². The fraction of sp³-hybridized carbons (Fsp3) is 1.00. The Kier molecular flexibility index (Phi) is 7.67. The van der Waals surface area contributed by atoms with Crippen LogP contribution in [-0.2, 0) is 4.74 Å². The first-order valence-electron chi connectivity index (χ1n) is 6.26. The van der Waals surface area contributed by atoms with E-state index in [0.717, 1.165) is 37.7 Å². The molecule has 0 atom stereocenters. The third-order valence-electron chi connectivity index (χ3n) is 3.19. The van der Waals surface area contributed by atoms with Crippen LogP contribution in [0.2, 0.25) is 0 Å². The van der Waals surface area contributed by atoms with Crippen LogP contribution in [0.15, 0.2) is 0 Å². The van der Waals surface area contributed by atoms with Crippen LogP contribution in [0.25, 0.3) is 0 Å². The molecule has 0 radical (unpaired) electrons. The van der Waals surface area contributed by atoms with E-state index >= 15 is 0 Å². The fourth-order valence-corrected chi connectivity index (χ4v) is 2.81. The summed E-state index contributed by atoms with van der Waals surface area (Å²) in [5.74, 6) is 0. The van der Waals surface area contributed by atoms with Gasteiger partial charge in [0.25, 0.3) is 0 Å². The van der Waals surface area contributed by atoms with Crippen LogP contribution in [0.3, 0.4) is 0 Å². The van der Waals surface area contributed by atoms with Crippen LogP contribution < -0.4 is 0 Å². The number of hydrogen-bond acceptors (Lipinski definition) is 2. The minimum absolute atomic E-state index is 0.816. The van der Waals surface area contributed by atoms with E-state index in [2.05, 4.69) is 27.8 Å². The summed E-state index contributed by atoms with van der Waals surface area (Å²) in [7, 11) is 0. The highest BCUT2D eigenvalue weighted by molar-refractivity contribution is 9.09. The van der Waals surface area contributed by atoms with Gasteiger partial charge in [-0.1, -0.05) is 35.2 Å². The van der Waals surface area contributed by atoms with Crippen molar-refractivity contribution < 1.29 is 4.74 Å². The average Bonchev–Trinajstić information content (AvgIpc) is 2.29. The molecule has 0 heterocycles. The van der Waals surface area contributed by atoms with Crippen molar-refractivity contribution in [3.05, 3.63) is 0 Å². The van der Waals surface area contributed by atoms with Gasteiger partial charge < -0.3 is 4.74 Å². The van der Waals surface area contributed by atoms with Crippen LogP contribution in [-0.4, -0.2) is 42.6 Å². The zero-order valence-corrected chi connectivity index (χ0v) is 11.5. The van der Waals surface area contributed by atoms with Gasteiger partial charge in [0, 0.05) is 31.1 Å². The zero-order chi connectivity index (χ0) is 10.9. The second kappa shape index (κ2) is 8.54. The second-order valence-electron chi connectivity index (χ2n) is 4.21. The van der Waals surface area contributed by atoms with Gasteiger partial charge >= 0.3 is 0 Å². The van der Waals surface area contributed by atoms with Crippen molar-refractivity contribution in [1.29, 1.82) is 0 Å². The second-order valence-corrected chi connectivity index (χ2v) is 5.01. The first-order valence-corrected chi connectivity index (χ1v) is 7.38. The van der Waals surface area contributed by atoms with Gasteiger partial charge in [-0.15, -0.1) is 0 Å². The Balaban J connectivity index is 2.26. The van der Waals surface area contributed by atoms with E-state index in [9.17, 15) is 0 Å². The van der Waals surface area contributed by atoms with E-state index in [0.29, 0.717) is 0 Å². The third-order valence-corrected chi connectivity index (χ3v) is 3.54. The molecule has 1 rings (SSSR count). The first-order chi connectivity index (χ1) is 7.38. The Hall–Kier alpha value is 0.400. The summed E-state index contributed by atoms with van der Waals surface area (Å²) in [5.41, 5.74) is 0. The molecule has 1 aliphatic carbocycles. The molecule has 0 aliphatic heterocycles. The smallest absolute Gasteiger partial charge is 0.0593 e. The lowest BCUT2D eigenvalue weighted by molar-refractivity contribution is 0.0864. The molecule has 0 unspecified atom stereocenters. The van der Waals surface area contributed by atoms with Crippen molar-refractivity contribution in [1.82, 2.24) is 4.90 Å². The summed E-state index contributed by atoms with van der Waals surface area (Å²) in [5, 5.41) is 1.08. The highest BCUT2D eigenvalue weighted by Gasteiger charge is 2.19. The molecule has 0 aromatic carbocycles. The quantitative estimate of drug-likeness (QED) is 0.524.